The first-order valence-corrected chi connectivity index (χ1v) is 13.8. The van der Waals surface area contributed by atoms with Gasteiger partial charge in [-0.3, -0.25) is 30.0 Å². The van der Waals surface area contributed by atoms with Gasteiger partial charge in [0.25, 0.3) is 5.91 Å². The van der Waals surface area contributed by atoms with Gasteiger partial charge in [0.15, 0.2) is 0 Å². The molecule has 1 aromatic heterocycles. The van der Waals surface area contributed by atoms with Crippen LogP contribution in [0.15, 0.2) is 54.6 Å². The van der Waals surface area contributed by atoms with Gasteiger partial charge in [-0.25, -0.2) is 10.5 Å². The maximum Gasteiger partial charge on any atom is 0.265 e. The van der Waals surface area contributed by atoms with Gasteiger partial charge in [0.1, 0.15) is 18.1 Å². The Labute approximate surface area is 234 Å². The molecule has 2 heterocycles. The van der Waals surface area contributed by atoms with Crippen molar-refractivity contribution in [3.8, 4) is 5.75 Å². The van der Waals surface area contributed by atoms with Gasteiger partial charge < -0.3 is 4.74 Å². The van der Waals surface area contributed by atoms with Crippen molar-refractivity contribution in [2.75, 3.05) is 6.54 Å². The van der Waals surface area contributed by atoms with Crippen LogP contribution in [0.25, 0.3) is 10.9 Å². The molecule has 9 nitrogen and oxygen atoms in total. The number of carbonyl (C=O) groups excluding carboxylic acids is 3. The van der Waals surface area contributed by atoms with E-state index in [0.717, 1.165) is 41.4 Å². The van der Waals surface area contributed by atoms with E-state index >= 15 is 0 Å². The van der Waals surface area contributed by atoms with Gasteiger partial charge in [-0.15, -0.1) is 0 Å². The Bertz CT molecular complexity index is 1360. The molecule has 0 saturated carbocycles. The number of hydrogen-bond donors (Lipinski definition) is 3. The number of nitrogens with one attached hydrogen (secondary N) is 2. The molecular formula is C31H38N4O5. The van der Waals surface area contributed by atoms with Gasteiger partial charge in [-0.1, -0.05) is 31.5 Å². The fraction of sp³-hybridized carbons (Fsp3) is 0.419. The Hall–Kier alpha value is -3.82. The van der Waals surface area contributed by atoms with Crippen LogP contribution in [-0.4, -0.2) is 44.9 Å². The standard InChI is InChI=1S/C31H38N4O5/c1-4-15-31(19-22(3)36)25(18-29(37)34-39)8-7-16-35(31)33-30(38)23-11-13-26(14-12-23)40-20-24-17-21(2)32-28-10-6-5-9-27(24)28/h5-6,9-14,17,25,39H,4,7-8,15-16,18-20H2,1-3H3,(H,33,38)(H,34,37)/t25-,31-/m1/s1. The number of hydrazine groups is 1. The summed E-state index contributed by atoms with van der Waals surface area (Å²) in [5, 5.41) is 12.0. The molecule has 1 saturated heterocycles. The molecule has 212 valence electrons. The van der Waals surface area contributed by atoms with E-state index in [9.17, 15) is 14.4 Å². The Balaban J connectivity index is 1.48. The highest BCUT2D eigenvalue weighted by Gasteiger charge is 2.47. The zero-order valence-electron chi connectivity index (χ0n) is 23.4. The van der Waals surface area contributed by atoms with E-state index < -0.39 is 11.4 Å². The highest BCUT2D eigenvalue weighted by atomic mass is 16.5. The van der Waals surface area contributed by atoms with Crippen molar-refractivity contribution in [2.45, 2.75) is 71.4 Å². The number of pyridine rings is 1. The van der Waals surface area contributed by atoms with Crippen molar-refractivity contribution in [2.24, 2.45) is 5.92 Å². The quantitative estimate of drug-likeness (QED) is 0.231. The van der Waals surface area contributed by atoms with E-state index in [1.807, 2.05) is 49.2 Å². The first-order valence-electron chi connectivity index (χ1n) is 13.8. The fourth-order valence-corrected chi connectivity index (χ4v) is 6.03. The zero-order valence-corrected chi connectivity index (χ0v) is 23.4. The summed E-state index contributed by atoms with van der Waals surface area (Å²) < 4.78 is 6.04. The molecule has 0 spiro atoms. The summed E-state index contributed by atoms with van der Waals surface area (Å²) >= 11 is 0. The monoisotopic (exact) mass is 546 g/mol. The number of rotatable bonds is 11. The third-order valence-electron chi connectivity index (χ3n) is 7.70. The number of ketones is 1. The van der Waals surface area contributed by atoms with Gasteiger partial charge in [-0.2, -0.15) is 0 Å². The topological polar surface area (TPSA) is 121 Å². The van der Waals surface area contributed by atoms with Crippen LogP contribution in [0.4, 0.5) is 0 Å². The van der Waals surface area contributed by atoms with Crippen LogP contribution >= 0.6 is 0 Å². The smallest absolute Gasteiger partial charge is 0.265 e. The van der Waals surface area contributed by atoms with Gasteiger partial charge >= 0.3 is 0 Å². The summed E-state index contributed by atoms with van der Waals surface area (Å²) in [5.74, 6) is -0.352. The third kappa shape index (κ3) is 6.66. The molecule has 0 unspecified atom stereocenters. The van der Waals surface area contributed by atoms with Crippen LogP contribution < -0.4 is 15.6 Å². The normalized spacial score (nSPS) is 19.2. The van der Waals surface area contributed by atoms with Crippen LogP contribution in [-0.2, 0) is 16.2 Å². The second kappa shape index (κ2) is 13.0. The van der Waals surface area contributed by atoms with E-state index in [1.165, 1.54) is 6.92 Å². The largest absolute Gasteiger partial charge is 0.489 e. The lowest BCUT2D eigenvalue weighted by atomic mass is 9.70. The first-order chi connectivity index (χ1) is 19.3. The molecule has 40 heavy (non-hydrogen) atoms. The van der Waals surface area contributed by atoms with Crippen molar-refractivity contribution >= 4 is 28.5 Å². The highest BCUT2D eigenvalue weighted by Crippen LogP contribution is 2.41. The predicted octanol–water partition coefficient (Wildman–Crippen LogP) is 4.89. The number of fused-ring (bicyclic) bond motifs is 1. The molecule has 2 amide bonds. The lowest BCUT2D eigenvalue weighted by molar-refractivity contribution is -0.136. The van der Waals surface area contributed by atoms with Crippen LogP contribution in [0.1, 0.15) is 74.0 Å². The summed E-state index contributed by atoms with van der Waals surface area (Å²) in [6.45, 7) is 6.45. The number of hydrogen-bond acceptors (Lipinski definition) is 7. The molecule has 0 aliphatic carbocycles. The number of Topliss-reactive ketones (excluding diaryl/α,β-unsaturated/α-hetero) is 1. The Morgan fingerprint density at radius 1 is 1.15 bits per heavy atom. The number of ether oxygens (including phenoxy) is 1. The number of amides is 2. The molecule has 1 aliphatic heterocycles. The predicted molar refractivity (Wildman–Crippen MR) is 152 cm³/mol. The molecule has 1 fully saturated rings. The average Bonchev–Trinajstić information content (AvgIpc) is 2.93. The van der Waals surface area contributed by atoms with Gasteiger partial charge in [-0.05, 0) is 75.4 Å². The molecule has 9 heteroatoms. The van der Waals surface area contributed by atoms with E-state index in [1.54, 1.807) is 29.7 Å². The number of para-hydroxylation sites is 1. The second-order valence-corrected chi connectivity index (χ2v) is 10.7. The lowest BCUT2D eigenvalue weighted by Gasteiger charge is -2.51. The second-order valence-electron chi connectivity index (χ2n) is 10.7. The maximum atomic E-state index is 13.3. The van der Waals surface area contributed by atoms with E-state index in [-0.39, 0.29) is 30.4 Å². The first kappa shape index (κ1) is 29.2. The maximum absolute atomic E-state index is 13.3. The van der Waals surface area contributed by atoms with Crippen molar-refractivity contribution in [1.29, 1.82) is 0 Å². The molecule has 0 bridgehead atoms. The minimum atomic E-state index is -0.713. The Kier molecular flexibility index (Phi) is 9.50. The van der Waals surface area contributed by atoms with Crippen molar-refractivity contribution < 1.29 is 24.3 Å². The highest BCUT2D eigenvalue weighted by molar-refractivity contribution is 5.94. The van der Waals surface area contributed by atoms with Gasteiger partial charge in [0, 0.05) is 41.6 Å². The number of nitrogens with zero attached hydrogens (tertiary/aromatic N) is 2. The molecule has 0 radical (unpaired) electrons. The zero-order chi connectivity index (χ0) is 28.7. The van der Waals surface area contributed by atoms with Gasteiger partial charge in [0.05, 0.1) is 11.1 Å². The number of aromatic nitrogens is 1. The summed E-state index contributed by atoms with van der Waals surface area (Å²) in [6.07, 6.45) is 3.17. The summed E-state index contributed by atoms with van der Waals surface area (Å²) in [6, 6.07) is 16.9. The van der Waals surface area contributed by atoms with Crippen molar-refractivity contribution in [1.82, 2.24) is 20.9 Å². The van der Waals surface area contributed by atoms with Crippen molar-refractivity contribution in [3.05, 3.63) is 71.4 Å². The number of benzene rings is 2. The van der Waals surface area contributed by atoms with Crippen LogP contribution in [0.5, 0.6) is 5.75 Å². The summed E-state index contributed by atoms with van der Waals surface area (Å²) in [7, 11) is 0. The van der Waals surface area contributed by atoms with Crippen LogP contribution in [0.3, 0.4) is 0 Å². The number of piperidine rings is 1. The van der Waals surface area contributed by atoms with Crippen LogP contribution in [0, 0.1) is 12.8 Å². The molecule has 1 aliphatic rings. The van der Waals surface area contributed by atoms with E-state index in [4.69, 9.17) is 9.94 Å². The average molecular weight is 547 g/mol. The molecule has 2 aromatic carbocycles. The Morgan fingerprint density at radius 3 is 2.60 bits per heavy atom. The fourth-order valence-electron chi connectivity index (χ4n) is 6.03. The molecular weight excluding hydrogens is 508 g/mol. The molecule has 4 rings (SSSR count). The number of carbonyl (C=O) groups is 3. The third-order valence-corrected chi connectivity index (χ3v) is 7.70. The van der Waals surface area contributed by atoms with Crippen LogP contribution in [0.2, 0.25) is 0 Å². The number of aryl methyl sites for hydroxylation is 1. The minimum Gasteiger partial charge on any atom is -0.489 e. The van der Waals surface area contributed by atoms with E-state index in [2.05, 4.69) is 10.4 Å². The molecule has 3 aromatic rings. The summed E-state index contributed by atoms with van der Waals surface area (Å²) in [4.78, 5) is 42.4. The molecule has 3 N–H and O–H groups in total. The Morgan fingerprint density at radius 2 is 1.90 bits per heavy atom. The molecule has 2 atom stereocenters. The van der Waals surface area contributed by atoms with E-state index in [0.29, 0.717) is 30.9 Å². The minimum absolute atomic E-state index is 0.0114. The van der Waals surface area contributed by atoms with Gasteiger partial charge in [0.2, 0.25) is 5.91 Å². The van der Waals surface area contributed by atoms with Crippen molar-refractivity contribution in [3.63, 3.8) is 0 Å². The number of hydroxylamine groups is 1. The summed E-state index contributed by atoms with van der Waals surface area (Å²) in [5.41, 5.74) is 7.39. The SMILES string of the molecule is CCC[C@@]1(CC(C)=O)[C@@H](CC(=O)NO)CCCN1NC(=O)c1ccc(OCc2cc(C)nc3ccccc23)cc1. The lowest BCUT2D eigenvalue weighted by Crippen LogP contribution is -2.64.